The normalized spacial score (nSPS) is 10.4. The number of halogens is 1. The molecule has 1 aromatic heterocycles. The van der Waals surface area contributed by atoms with Crippen LogP contribution in [0.5, 0.6) is 5.75 Å². The van der Waals surface area contributed by atoms with Crippen molar-refractivity contribution in [2.24, 2.45) is 0 Å². The highest BCUT2D eigenvalue weighted by atomic mass is 32.1. The van der Waals surface area contributed by atoms with Gasteiger partial charge in [0.2, 0.25) is 0 Å². The molecular formula is C12H14FN3OS. The SMILES string of the molecule is COc1cc(NCc2cnc(C)s2)c(F)cc1N. The van der Waals surface area contributed by atoms with Crippen LogP contribution in [0, 0.1) is 12.7 Å². The number of rotatable bonds is 4. The molecule has 1 aromatic carbocycles. The number of nitrogens with zero attached hydrogens (tertiary/aromatic N) is 1. The monoisotopic (exact) mass is 267 g/mol. The molecule has 6 heteroatoms. The van der Waals surface area contributed by atoms with Crippen molar-refractivity contribution < 1.29 is 9.13 Å². The molecule has 0 radical (unpaired) electrons. The molecule has 0 spiro atoms. The fourth-order valence-corrected chi connectivity index (χ4v) is 2.29. The van der Waals surface area contributed by atoms with Crippen molar-refractivity contribution in [2.45, 2.75) is 13.5 Å². The zero-order valence-electron chi connectivity index (χ0n) is 10.2. The second kappa shape index (κ2) is 5.22. The number of benzene rings is 1. The Bertz CT molecular complexity index is 556. The number of nitrogens with two attached hydrogens (primary N) is 1. The number of ether oxygens (including phenoxy) is 1. The van der Waals surface area contributed by atoms with Crippen LogP contribution in [-0.4, -0.2) is 12.1 Å². The molecule has 1 heterocycles. The van der Waals surface area contributed by atoms with Gasteiger partial charge in [-0.3, -0.25) is 0 Å². The highest BCUT2D eigenvalue weighted by Crippen LogP contribution is 2.28. The lowest BCUT2D eigenvalue weighted by Crippen LogP contribution is -2.02. The van der Waals surface area contributed by atoms with Gasteiger partial charge in [0.05, 0.1) is 30.0 Å². The van der Waals surface area contributed by atoms with Crippen molar-refractivity contribution in [2.75, 3.05) is 18.2 Å². The number of anilines is 2. The van der Waals surface area contributed by atoms with Gasteiger partial charge < -0.3 is 15.8 Å². The maximum atomic E-state index is 13.7. The van der Waals surface area contributed by atoms with Crippen LogP contribution in [0.3, 0.4) is 0 Å². The van der Waals surface area contributed by atoms with Crippen molar-refractivity contribution in [3.63, 3.8) is 0 Å². The predicted molar refractivity (Wildman–Crippen MR) is 71.5 cm³/mol. The van der Waals surface area contributed by atoms with Crippen LogP contribution in [-0.2, 0) is 6.54 Å². The highest BCUT2D eigenvalue weighted by molar-refractivity contribution is 7.11. The molecule has 0 unspecified atom stereocenters. The zero-order chi connectivity index (χ0) is 13.1. The number of hydrogen-bond acceptors (Lipinski definition) is 5. The fourth-order valence-electron chi connectivity index (χ4n) is 1.55. The van der Waals surface area contributed by atoms with Crippen molar-refractivity contribution in [1.82, 2.24) is 4.98 Å². The summed E-state index contributed by atoms with van der Waals surface area (Å²) in [7, 11) is 1.50. The molecule has 0 bridgehead atoms. The van der Waals surface area contributed by atoms with Crippen LogP contribution >= 0.6 is 11.3 Å². The molecule has 0 fully saturated rings. The van der Waals surface area contributed by atoms with E-state index in [0.717, 1.165) is 9.88 Å². The first kappa shape index (κ1) is 12.6. The van der Waals surface area contributed by atoms with E-state index in [2.05, 4.69) is 10.3 Å². The summed E-state index contributed by atoms with van der Waals surface area (Å²) in [6.07, 6.45) is 1.78. The number of nitrogens with one attached hydrogen (secondary N) is 1. The summed E-state index contributed by atoms with van der Waals surface area (Å²) < 4.78 is 18.7. The van der Waals surface area contributed by atoms with E-state index in [1.165, 1.54) is 13.2 Å². The molecule has 0 saturated heterocycles. The van der Waals surface area contributed by atoms with Gasteiger partial charge >= 0.3 is 0 Å². The molecule has 0 aliphatic rings. The van der Waals surface area contributed by atoms with Crippen molar-refractivity contribution in [3.05, 3.63) is 34.0 Å². The van der Waals surface area contributed by atoms with E-state index in [-0.39, 0.29) is 5.69 Å². The Morgan fingerprint density at radius 3 is 2.89 bits per heavy atom. The highest BCUT2D eigenvalue weighted by Gasteiger charge is 2.08. The van der Waals surface area contributed by atoms with Crippen LogP contribution in [0.15, 0.2) is 18.3 Å². The number of thiazole rings is 1. The summed E-state index contributed by atoms with van der Waals surface area (Å²) in [5.74, 6) is 0.0638. The predicted octanol–water partition coefficient (Wildman–Crippen LogP) is 2.79. The Kier molecular flexibility index (Phi) is 3.66. The third-order valence-electron chi connectivity index (χ3n) is 2.44. The molecule has 0 atom stereocenters. The van der Waals surface area contributed by atoms with Crippen LogP contribution in [0.4, 0.5) is 15.8 Å². The molecule has 0 aliphatic heterocycles. The van der Waals surface area contributed by atoms with E-state index in [1.54, 1.807) is 23.6 Å². The summed E-state index contributed by atoms with van der Waals surface area (Å²) >= 11 is 1.57. The third kappa shape index (κ3) is 2.70. The number of nitrogen functional groups attached to an aromatic ring is 1. The Morgan fingerprint density at radius 2 is 2.28 bits per heavy atom. The van der Waals surface area contributed by atoms with Crippen LogP contribution in [0.2, 0.25) is 0 Å². The van der Waals surface area contributed by atoms with Crippen LogP contribution in [0.1, 0.15) is 9.88 Å². The number of aromatic nitrogens is 1. The van der Waals surface area contributed by atoms with E-state index in [0.29, 0.717) is 18.0 Å². The number of hydrogen-bond donors (Lipinski definition) is 2. The molecule has 2 rings (SSSR count). The van der Waals surface area contributed by atoms with E-state index >= 15 is 0 Å². The van der Waals surface area contributed by atoms with Crippen LogP contribution < -0.4 is 15.8 Å². The summed E-state index contributed by atoms with van der Waals surface area (Å²) in [5.41, 5.74) is 6.26. The van der Waals surface area contributed by atoms with Gasteiger partial charge in [0.1, 0.15) is 11.6 Å². The van der Waals surface area contributed by atoms with Gasteiger partial charge in [0.15, 0.2) is 0 Å². The maximum Gasteiger partial charge on any atom is 0.148 e. The Balaban J connectivity index is 2.13. The number of methoxy groups -OCH3 is 1. The van der Waals surface area contributed by atoms with Gasteiger partial charge in [-0.25, -0.2) is 9.37 Å². The minimum atomic E-state index is -0.394. The first-order chi connectivity index (χ1) is 8.60. The summed E-state index contributed by atoms with van der Waals surface area (Å²) in [4.78, 5) is 5.18. The van der Waals surface area contributed by atoms with Gasteiger partial charge in [-0.15, -0.1) is 11.3 Å². The molecule has 4 nitrogen and oxygen atoms in total. The van der Waals surface area contributed by atoms with E-state index in [9.17, 15) is 4.39 Å². The molecule has 0 saturated carbocycles. The lowest BCUT2D eigenvalue weighted by atomic mass is 10.2. The van der Waals surface area contributed by atoms with E-state index in [4.69, 9.17) is 10.5 Å². The average Bonchev–Trinajstić information content (AvgIpc) is 2.74. The van der Waals surface area contributed by atoms with Crippen molar-refractivity contribution in [1.29, 1.82) is 0 Å². The molecular weight excluding hydrogens is 253 g/mol. The first-order valence-corrected chi connectivity index (χ1v) is 6.20. The Morgan fingerprint density at radius 1 is 1.50 bits per heavy atom. The summed E-state index contributed by atoms with van der Waals surface area (Å²) in [6, 6.07) is 2.80. The number of aryl methyl sites for hydroxylation is 1. The zero-order valence-corrected chi connectivity index (χ0v) is 11.0. The lowest BCUT2D eigenvalue weighted by Gasteiger charge is -2.10. The van der Waals surface area contributed by atoms with Gasteiger partial charge in [0.25, 0.3) is 0 Å². The largest absolute Gasteiger partial charge is 0.495 e. The van der Waals surface area contributed by atoms with E-state index < -0.39 is 5.82 Å². The topological polar surface area (TPSA) is 60.2 Å². The molecule has 96 valence electrons. The Hall–Kier alpha value is -1.82. The van der Waals surface area contributed by atoms with Gasteiger partial charge in [-0.2, -0.15) is 0 Å². The smallest absolute Gasteiger partial charge is 0.148 e. The Labute approximate surface area is 109 Å². The average molecular weight is 267 g/mol. The molecule has 3 N–H and O–H groups in total. The molecule has 18 heavy (non-hydrogen) atoms. The maximum absolute atomic E-state index is 13.7. The standard InChI is InChI=1S/C12H14FN3OS/c1-7-15-5-8(18-7)6-16-11-4-12(17-2)10(14)3-9(11)13/h3-5,16H,6,14H2,1-2H3. The molecule has 2 aromatic rings. The minimum absolute atomic E-state index is 0.286. The second-order valence-corrected chi connectivity index (χ2v) is 5.09. The van der Waals surface area contributed by atoms with E-state index in [1.807, 2.05) is 6.92 Å². The fraction of sp³-hybridized carbons (Fsp3) is 0.250. The van der Waals surface area contributed by atoms with Crippen molar-refractivity contribution >= 4 is 22.7 Å². The van der Waals surface area contributed by atoms with Crippen molar-refractivity contribution in [3.8, 4) is 5.75 Å². The van der Waals surface area contributed by atoms with Gasteiger partial charge in [-0.05, 0) is 6.92 Å². The summed E-state index contributed by atoms with van der Waals surface area (Å²) in [5, 5.41) is 3.99. The van der Waals surface area contributed by atoms with Crippen LogP contribution in [0.25, 0.3) is 0 Å². The summed E-state index contributed by atoms with van der Waals surface area (Å²) in [6.45, 7) is 2.45. The quantitative estimate of drug-likeness (QED) is 0.836. The second-order valence-electron chi connectivity index (χ2n) is 3.77. The minimum Gasteiger partial charge on any atom is -0.495 e. The lowest BCUT2D eigenvalue weighted by molar-refractivity contribution is 0.416. The van der Waals surface area contributed by atoms with Gasteiger partial charge in [-0.1, -0.05) is 0 Å². The molecule has 0 amide bonds. The third-order valence-corrected chi connectivity index (χ3v) is 3.35. The van der Waals surface area contributed by atoms with Gasteiger partial charge in [0, 0.05) is 23.2 Å². The first-order valence-electron chi connectivity index (χ1n) is 5.38. The molecule has 0 aliphatic carbocycles.